The van der Waals surface area contributed by atoms with Crippen LogP contribution in [0, 0.1) is 0 Å². The van der Waals surface area contributed by atoms with Gasteiger partial charge in [-0.15, -0.1) is 0 Å². The number of hydrogen-bond donors (Lipinski definition) is 1. The maximum Gasteiger partial charge on any atom is 0.216 e. The number of nitrogens with zero attached hydrogens (tertiary/aromatic N) is 2. The summed E-state index contributed by atoms with van der Waals surface area (Å²) in [4.78, 5) is 2.06. The molecule has 16 heavy (non-hydrogen) atoms. The van der Waals surface area contributed by atoms with Gasteiger partial charge in [0.2, 0.25) is 10.0 Å². The van der Waals surface area contributed by atoms with E-state index in [-0.39, 0.29) is 19.0 Å². The lowest BCUT2D eigenvalue weighted by atomic mass is 10.4. The first-order valence-corrected chi connectivity index (χ1v) is 7.01. The molecule has 0 spiro atoms. The number of ether oxygens (including phenoxy) is 1. The van der Waals surface area contributed by atoms with Crippen LogP contribution in [-0.2, 0) is 14.8 Å². The summed E-state index contributed by atoms with van der Waals surface area (Å²) in [6.45, 7) is 3.36. The van der Waals surface area contributed by atoms with E-state index >= 15 is 0 Å². The van der Waals surface area contributed by atoms with Crippen LogP contribution in [0.3, 0.4) is 0 Å². The van der Waals surface area contributed by atoms with Crippen molar-refractivity contribution in [2.45, 2.75) is 0 Å². The third-order valence-corrected chi connectivity index (χ3v) is 4.52. The summed E-state index contributed by atoms with van der Waals surface area (Å²) in [6.07, 6.45) is 0. The smallest absolute Gasteiger partial charge is 0.216 e. The zero-order valence-corrected chi connectivity index (χ0v) is 10.4. The molecule has 0 aromatic carbocycles. The van der Waals surface area contributed by atoms with Gasteiger partial charge in [0.15, 0.2) is 0 Å². The molecule has 1 fully saturated rings. The molecular weight excluding hydrogens is 232 g/mol. The van der Waals surface area contributed by atoms with Crippen LogP contribution in [0.2, 0.25) is 0 Å². The van der Waals surface area contributed by atoms with Gasteiger partial charge in [0.05, 0.1) is 19.0 Å². The monoisotopic (exact) mass is 252 g/mol. The summed E-state index contributed by atoms with van der Waals surface area (Å²) in [7, 11) is -1.67. The third kappa shape index (κ3) is 3.99. The Balaban J connectivity index is 2.40. The lowest BCUT2D eigenvalue weighted by molar-refractivity contribution is 0.150. The molecule has 1 N–H and O–H groups in total. The molecule has 0 radical (unpaired) electrons. The van der Waals surface area contributed by atoms with E-state index in [1.54, 1.807) is 0 Å². The zero-order chi connectivity index (χ0) is 12.0. The van der Waals surface area contributed by atoms with Crippen molar-refractivity contribution in [1.29, 1.82) is 0 Å². The third-order valence-electron chi connectivity index (χ3n) is 2.69. The van der Waals surface area contributed by atoms with E-state index in [1.165, 1.54) is 11.4 Å². The zero-order valence-electron chi connectivity index (χ0n) is 9.63. The van der Waals surface area contributed by atoms with E-state index in [2.05, 4.69) is 4.90 Å². The van der Waals surface area contributed by atoms with Crippen LogP contribution < -0.4 is 0 Å². The van der Waals surface area contributed by atoms with E-state index < -0.39 is 10.0 Å². The van der Waals surface area contributed by atoms with Gasteiger partial charge in [-0.3, -0.25) is 4.90 Å². The van der Waals surface area contributed by atoms with Crippen molar-refractivity contribution < 1.29 is 18.3 Å². The van der Waals surface area contributed by atoms with Gasteiger partial charge in [-0.2, -0.15) is 4.31 Å². The van der Waals surface area contributed by atoms with E-state index in [0.717, 1.165) is 0 Å². The first-order chi connectivity index (χ1) is 7.60. The van der Waals surface area contributed by atoms with Crippen LogP contribution in [0.15, 0.2) is 0 Å². The van der Waals surface area contributed by atoms with E-state index in [9.17, 15) is 8.42 Å². The minimum Gasteiger partial charge on any atom is -0.395 e. The van der Waals surface area contributed by atoms with Crippen molar-refractivity contribution in [1.82, 2.24) is 9.21 Å². The molecule has 6 nitrogen and oxygen atoms in total. The Morgan fingerprint density at radius 2 is 1.88 bits per heavy atom. The molecule has 0 saturated carbocycles. The number of rotatable bonds is 6. The predicted octanol–water partition coefficient (Wildman–Crippen LogP) is -1.43. The highest BCUT2D eigenvalue weighted by Gasteiger charge is 2.26. The molecule has 0 aromatic rings. The largest absolute Gasteiger partial charge is 0.395 e. The molecule has 1 saturated heterocycles. The fraction of sp³-hybridized carbons (Fsp3) is 1.00. The molecular formula is C9H20N2O4S. The Hall–Kier alpha value is -0.210. The molecule has 0 bridgehead atoms. The topological polar surface area (TPSA) is 70.1 Å². The van der Waals surface area contributed by atoms with Gasteiger partial charge in [0.1, 0.15) is 0 Å². The second-order valence-electron chi connectivity index (χ2n) is 3.77. The van der Waals surface area contributed by atoms with Crippen LogP contribution in [0.5, 0.6) is 0 Å². The van der Waals surface area contributed by atoms with Gasteiger partial charge in [-0.05, 0) is 0 Å². The van der Waals surface area contributed by atoms with Crippen LogP contribution in [-0.4, -0.2) is 81.5 Å². The average molecular weight is 252 g/mol. The van der Waals surface area contributed by atoms with Crippen LogP contribution in [0.4, 0.5) is 0 Å². The maximum atomic E-state index is 11.8. The number of β-amino-alcohol motifs (C(OH)–C–C–N with tert-alkyl or cyclic N) is 1. The number of sulfonamides is 1. The summed E-state index contributed by atoms with van der Waals surface area (Å²) in [5.41, 5.74) is 0. The number of aliphatic hydroxyl groups excluding tert-OH is 1. The summed E-state index contributed by atoms with van der Waals surface area (Å²) < 4.78 is 29.9. The SMILES string of the molecule is COCCS(=O)(=O)N1CCN(CCO)CC1. The minimum absolute atomic E-state index is 0.0451. The lowest BCUT2D eigenvalue weighted by Crippen LogP contribution is -2.50. The minimum atomic E-state index is -3.16. The van der Waals surface area contributed by atoms with Gasteiger partial charge in [-0.1, -0.05) is 0 Å². The summed E-state index contributed by atoms with van der Waals surface area (Å²) >= 11 is 0. The first kappa shape index (κ1) is 13.9. The second kappa shape index (κ2) is 6.51. The van der Waals surface area contributed by atoms with Crippen LogP contribution in [0.1, 0.15) is 0 Å². The molecule has 1 rings (SSSR count). The lowest BCUT2D eigenvalue weighted by Gasteiger charge is -2.33. The molecule has 1 aliphatic rings. The highest BCUT2D eigenvalue weighted by atomic mass is 32.2. The van der Waals surface area contributed by atoms with E-state index in [0.29, 0.717) is 32.7 Å². The van der Waals surface area contributed by atoms with Gasteiger partial charge >= 0.3 is 0 Å². The second-order valence-corrected chi connectivity index (χ2v) is 5.86. The maximum absolute atomic E-state index is 11.8. The summed E-state index contributed by atoms with van der Waals surface area (Å²) in [5.74, 6) is 0.0451. The quantitative estimate of drug-likeness (QED) is 0.628. The first-order valence-electron chi connectivity index (χ1n) is 5.40. The summed E-state index contributed by atoms with van der Waals surface area (Å²) in [5, 5.41) is 8.77. The normalized spacial score (nSPS) is 20.1. The Morgan fingerprint density at radius 1 is 1.25 bits per heavy atom. The number of hydrogen-bond acceptors (Lipinski definition) is 5. The van der Waals surface area contributed by atoms with Crippen molar-refractivity contribution in [2.75, 3.05) is 58.8 Å². The molecule has 1 aliphatic heterocycles. The Bertz CT molecular complexity index is 286. The fourth-order valence-electron chi connectivity index (χ4n) is 1.69. The fourth-order valence-corrected chi connectivity index (χ4v) is 3.05. The number of piperazine rings is 1. The molecule has 0 unspecified atom stereocenters. The Labute approximate surface area is 96.8 Å². The highest BCUT2D eigenvalue weighted by Crippen LogP contribution is 2.07. The molecule has 0 aliphatic carbocycles. The molecule has 7 heteroatoms. The Kier molecular flexibility index (Phi) is 5.63. The molecule has 0 atom stereocenters. The van der Waals surface area contributed by atoms with E-state index in [4.69, 9.17) is 9.84 Å². The number of methoxy groups -OCH3 is 1. The highest BCUT2D eigenvalue weighted by molar-refractivity contribution is 7.89. The summed E-state index contributed by atoms with van der Waals surface area (Å²) in [6, 6.07) is 0. The molecule has 96 valence electrons. The predicted molar refractivity (Wildman–Crippen MR) is 60.8 cm³/mol. The molecule has 0 amide bonds. The van der Waals surface area contributed by atoms with Crippen molar-refractivity contribution in [2.24, 2.45) is 0 Å². The van der Waals surface area contributed by atoms with Crippen molar-refractivity contribution >= 4 is 10.0 Å². The Morgan fingerprint density at radius 3 is 2.38 bits per heavy atom. The van der Waals surface area contributed by atoms with Gasteiger partial charge < -0.3 is 9.84 Å². The van der Waals surface area contributed by atoms with Gasteiger partial charge in [0, 0.05) is 39.8 Å². The molecule has 1 heterocycles. The standard InChI is InChI=1S/C9H20N2O4S/c1-15-8-9-16(13,14)11-4-2-10(3-5-11)6-7-12/h12H,2-9H2,1H3. The van der Waals surface area contributed by atoms with Crippen LogP contribution >= 0.6 is 0 Å². The molecule has 0 aromatic heterocycles. The van der Waals surface area contributed by atoms with Gasteiger partial charge in [0.25, 0.3) is 0 Å². The van der Waals surface area contributed by atoms with E-state index in [1.807, 2.05) is 0 Å². The van der Waals surface area contributed by atoms with Crippen molar-refractivity contribution in [3.8, 4) is 0 Å². The average Bonchev–Trinajstić information content (AvgIpc) is 2.28. The van der Waals surface area contributed by atoms with Crippen LogP contribution in [0.25, 0.3) is 0 Å². The number of aliphatic hydroxyl groups is 1. The van der Waals surface area contributed by atoms with Gasteiger partial charge in [-0.25, -0.2) is 8.42 Å². The van der Waals surface area contributed by atoms with Crippen molar-refractivity contribution in [3.05, 3.63) is 0 Å². The van der Waals surface area contributed by atoms with Crippen molar-refractivity contribution in [3.63, 3.8) is 0 Å².